The third-order valence-electron chi connectivity index (χ3n) is 4.35. The topological polar surface area (TPSA) is 278 Å². The van der Waals surface area contributed by atoms with Crippen LogP contribution in [0.3, 0.4) is 0 Å². The average Bonchev–Trinajstić information content (AvgIpc) is 2.69. The highest BCUT2D eigenvalue weighted by Gasteiger charge is 2.31. The third kappa shape index (κ3) is 12.2. The summed E-state index contributed by atoms with van der Waals surface area (Å²) in [5.41, 5.74) is 21.0. The Hall–Kier alpha value is -3.46. The van der Waals surface area contributed by atoms with Crippen molar-refractivity contribution in [2.75, 3.05) is 6.54 Å². The molecule has 15 nitrogen and oxygen atoms in total. The number of aliphatic carboxylic acids is 1. The van der Waals surface area contributed by atoms with E-state index in [-0.39, 0.29) is 38.2 Å². The molecule has 0 spiro atoms. The zero-order valence-corrected chi connectivity index (χ0v) is 18.6. The van der Waals surface area contributed by atoms with Gasteiger partial charge in [0.1, 0.15) is 18.1 Å². The van der Waals surface area contributed by atoms with Crippen molar-refractivity contribution in [3.63, 3.8) is 0 Å². The number of rotatable bonds is 15. The first kappa shape index (κ1) is 29.5. The number of nitrogens with two attached hydrogens (primary N) is 4. The fourth-order valence-electron chi connectivity index (χ4n) is 2.54. The molecule has 4 amide bonds. The zero-order chi connectivity index (χ0) is 25.7. The van der Waals surface area contributed by atoms with E-state index < -0.39 is 59.9 Å². The van der Waals surface area contributed by atoms with Crippen LogP contribution < -0.4 is 38.9 Å². The van der Waals surface area contributed by atoms with Gasteiger partial charge in [0, 0.05) is 13.0 Å². The van der Waals surface area contributed by atoms with Gasteiger partial charge in [-0.05, 0) is 33.1 Å². The molecule has 0 saturated heterocycles. The number of aliphatic hydroxyl groups excluding tert-OH is 1. The van der Waals surface area contributed by atoms with Crippen molar-refractivity contribution in [3.8, 4) is 0 Å². The van der Waals surface area contributed by atoms with Crippen LogP contribution in [0.4, 0.5) is 0 Å². The molecule has 5 atom stereocenters. The van der Waals surface area contributed by atoms with Gasteiger partial charge in [0.25, 0.3) is 0 Å². The number of nitrogens with one attached hydrogen (secondary N) is 3. The predicted molar refractivity (Wildman–Crippen MR) is 117 cm³/mol. The number of hydrogen-bond donors (Lipinski definition) is 9. The van der Waals surface area contributed by atoms with E-state index in [1.54, 1.807) is 0 Å². The lowest BCUT2D eigenvalue weighted by Gasteiger charge is -2.26. The van der Waals surface area contributed by atoms with Crippen LogP contribution in [0, 0.1) is 0 Å². The van der Waals surface area contributed by atoms with E-state index in [2.05, 4.69) is 20.9 Å². The number of nitrogens with zero attached hydrogens (tertiary/aromatic N) is 1. The van der Waals surface area contributed by atoms with Gasteiger partial charge in [-0.2, -0.15) is 0 Å². The molecule has 0 radical (unpaired) electrons. The molecule has 15 heteroatoms. The Labute approximate surface area is 190 Å². The van der Waals surface area contributed by atoms with Gasteiger partial charge in [-0.15, -0.1) is 0 Å². The van der Waals surface area contributed by atoms with E-state index in [0.717, 1.165) is 0 Å². The fraction of sp³-hybridized carbons (Fsp3) is 0.667. The Balaban J connectivity index is 5.51. The lowest BCUT2D eigenvalue weighted by atomic mass is 10.1. The average molecular weight is 475 g/mol. The first-order chi connectivity index (χ1) is 15.3. The van der Waals surface area contributed by atoms with Gasteiger partial charge < -0.3 is 49.1 Å². The molecule has 5 unspecified atom stereocenters. The predicted octanol–water partition coefficient (Wildman–Crippen LogP) is -4.43. The number of primary amides is 1. The normalized spacial score (nSPS) is 15.2. The number of hydrogen-bond acceptors (Lipinski definition) is 8. The Morgan fingerprint density at radius 2 is 1.45 bits per heavy atom. The van der Waals surface area contributed by atoms with E-state index in [4.69, 9.17) is 22.9 Å². The van der Waals surface area contributed by atoms with E-state index >= 15 is 0 Å². The maximum atomic E-state index is 12.7. The molecule has 0 aliphatic carbocycles. The first-order valence-corrected chi connectivity index (χ1v) is 10.2. The molecule has 188 valence electrons. The van der Waals surface area contributed by atoms with Crippen LogP contribution in [-0.2, 0) is 24.0 Å². The van der Waals surface area contributed by atoms with Crippen molar-refractivity contribution >= 4 is 35.6 Å². The first-order valence-electron chi connectivity index (χ1n) is 10.2. The number of amides is 4. The van der Waals surface area contributed by atoms with Gasteiger partial charge >= 0.3 is 5.97 Å². The van der Waals surface area contributed by atoms with Crippen LogP contribution in [0.15, 0.2) is 4.99 Å². The molecule has 0 bridgehead atoms. The van der Waals surface area contributed by atoms with Crippen molar-refractivity contribution in [2.24, 2.45) is 27.9 Å². The van der Waals surface area contributed by atoms with Gasteiger partial charge in [0.15, 0.2) is 5.96 Å². The number of carboxylic acid groups (broad SMARTS) is 1. The summed E-state index contributed by atoms with van der Waals surface area (Å²) >= 11 is 0. The minimum atomic E-state index is -1.44. The summed E-state index contributed by atoms with van der Waals surface area (Å²) in [6.07, 6.45) is -1.66. The highest BCUT2D eigenvalue weighted by atomic mass is 16.4. The lowest BCUT2D eigenvalue weighted by Crippen LogP contribution is -2.59. The minimum Gasteiger partial charge on any atom is -0.480 e. The summed E-state index contributed by atoms with van der Waals surface area (Å²) in [7, 11) is 0. The summed E-state index contributed by atoms with van der Waals surface area (Å²) in [5.74, 6) is -4.80. The van der Waals surface area contributed by atoms with Crippen molar-refractivity contribution in [3.05, 3.63) is 0 Å². The van der Waals surface area contributed by atoms with Gasteiger partial charge in [-0.1, -0.05) is 0 Å². The van der Waals surface area contributed by atoms with Crippen LogP contribution in [0.2, 0.25) is 0 Å². The maximum Gasteiger partial charge on any atom is 0.326 e. The number of carboxylic acids is 1. The minimum absolute atomic E-state index is 0.00964. The summed E-state index contributed by atoms with van der Waals surface area (Å²) in [5, 5.41) is 26.1. The van der Waals surface area contributed by atoms with E-state index in [0.29, 0.717) is 0 Å². The standard InChI is InChI=1S/C18H34N8O7/c1-8(19)14(29)26-13(9(2)27)16(31)24-10(4-3-7-23-18(21)22)15(30)25-11(17(32)33)5-6-12(20)28/h8-11,13,27H,3-7,19H2,1-2H3,(H2,20,28)(H,24,31)(H,25,30)(H,26,29)(H,32,33)(H4,21,22,23). The Kier molecular flexibility index (Phi) is 13.0. The van der Waals surface area contributed by atoms with Crippen molar-refractivity contribution < 1.29 is 34.2 Å². The largest absolute Gasteiger partial charge is 0.480 e. The van der Waals surface area contributed by atoms with Crippen LogP contribution in [-0.4, -0.2) is 82.6 Å². The lowest BCUT2D eigenvalue weighted by molar-refractivity contribution is -0.142. The Morgan fingerprint density at radius 3 is 1.91 bits per heavy atom. The van der Waals surface area contributed by atoms with Crippen molar-refractivity contribution in [1.82, 2.24) is 16.0 Å². The van der Waals surface area contributed by atoms with Gasteiger partial charge in [-0.3, -0.25) is 24.2 Å². The van der Waals surface area contributed by atoms with Crippen molar-refractivity contribution in [2.45, 2.75) is 69.8 Å². The Morgan fingerprint density at radius 1 is 0.879 bits per heavy atom. The van der Waals surface area contributed by atoms with Crippen LogP contribution >= 0.6 is 0 Å². The van der Waals surface area contributed by atoms with E-state index in [9.17, 15) is 34.2 Å². The molecule has 0 heterocycles. The number of guanidine groups is 1. The second kappa shape index (κ2) is 14.6. The van der Waals surface area contributed by atoms with Gasteiger partial charge in [0.2, 0.25) is 23.6 Å². The molecular weight excluding hydrogens is 440 g/mol. The zero-order valence-electron chi connectivity index (χ0n) is 18.6. The van der Waals surface area contributed by atoms with E-state index in [1.807, 2.05) is 0 Å². The molecule has 0 aliphatic rings. The quantitative estimate of drug-likeness (QED) is 0.0623. The monoisotopic (exact) mass is 474 g/mol. The third-order valence-corrected chi connectivity index (χ3v) is 4.35. The number of aliphatic hydroxyl groups is 1. The molecule has 0 aromatic heterocycles. The summed E-state index contributed by atoms with van der Waals surface area (Å²) in [6.45, 7) is 2.75. The van der Waals surface area contributed by atoms with E-state index in [1.165, 1.54) is 13.8 Å². The fourth-order valence-corrected chi connectivity index (χ4v) is 2.54. The van der Waals surface area contributed by atoms with Crippen LogP contribution in [0.5, 0.6) is 0 Å². The summed E-state index contributed by atoms with van der Waals surface area (Å²) < 4.78 is 0. The second-order valence-corrected chi connectivity index (χ2v) is 7.43. The van der Waals surface area contributed by atoms with Crippen LogP contribution in [0.1, 0.15) is 39.5 Å². The highest BCUT2D eigenvalue weighted by Crippen LogP contribution is 2.05. The van der Waals surface area contributed by atoms with Gasteiger partial charge in [-0.25, -0.2) is 4.79 Å². The molecule has 33 heavy (non-hydrogen) atoms. The SMILES string of the molecule is CC(N)C(=O)NC(C(=O)NC(CCCN=C(N)N)C(=O)NC(CCC(N)=O)C(=O)O)C(C)O. The molecule has 0 rings (SSSR count). The molecule has 0 aromatic carbocycles. The Bertz CT molecular complexity index is 737. The molecule has 0 aromatic rings. The molecule has 0 aliphatic heterocycles. The van der Waals surface area contributed by atoms with Gasteiger partial charge in [0.05, 0.1) is 12.1 Å². The smallest absolute Gasteiger partial charge is 0.326 e. The number of carbonyl (C=O) groups excluding carboxylic acids is 4. The summed E-state index contributed by atoms with van der Waals surface area (Å²) in [6, 6.07) is -5.09. The molecule has 0 fully saturated rings. The maximum absolute atomic E-state index is 12.7. The molecular formula is C18H34N8O7. The molecule has 13 N–H and O–H groups in total. The second-order valence-electron chi connectivity index (χ2n) is 7.43. The number of aliphatic imine (C=N–C) groups is 1. The number of carbonyl (C=O) groups is 5. The van der Waals surface area contributed by atoms with Crippen molar-refractivity contribution in [1.29, 1.82) is 0 Å². The van der Waals surface area contributed by atoms with Crippen LogP contribution in [0.25, 0.3) is 0 Å². The molecule has 0 saturated carbocycles. The highest BCUT2D eigenvalue weighted by molar-refractivity contribution is 5.94. The summed E-state index contributed by atoms with van der Waals surface area (Å²) in [4.78, 5) is 63.4.